The van der Waals surface area contributed by atoms with E-state index in [1.54, 1.807) is 25.6 Å². The zero-order valence-corrected chi connectivity index (χ0v) is 16.2. The number of aromatic nitrogens is 1. The molecule has 2 aromatic heterocycles. The van der Waals surface area contributed by atoms with E-state index >= 15 is 0 Å². The molecule has 0 spiro atoms. The lowest BCUT2D eigenvalue weighted by Gasteiger charge is -2.35. The van der Waals surface area contributed by atoms with E-state index in [1.165, 1.54) is 0 Å². The summed E-state index contributed by atoms with van der Waals surface area (Å²) in [5.41, 5.74) is 0.890. The minimum absolute atomic E-state index is 0.0917. The lowest BCUT2D eigenvalue weighted by Crippen LogP contribution is -2.55. The zero-order chi connectivity index (χ0) is 20.1. The van der Waals surface area contributed by atoms with Gasteiger partial charge in [0, 0.05) is 31.4 Å². The first-order chi connectivity index (χ1) is 14.2. The number of hydrogen-bond acceptors (Lipinski definition) is 6. The molecule has 0 aliphatic carbocycles. The largest absolute Gasteiger partial charge is 0.497 e. The van der Waals surface area contributed by atoms with Crippen molar-refractivity contribution in [3.05, 3.63) is 66.7 Å². The summed E-state index contributed by atoms with van der Waals surface area (Å²) in [5, 5.41) is 3.32. The molecule has 1 aliphatic rings. The quantitative estimate of drug-likeness (QED) is 0.694. The third-order valence-electron chi connectivity index (χ3n) is 4.88. The molecule has 29 heavy (non-hydrogen) atoms. The van der Waals surface area contributed by atoms with Gasteiger partial charge >= 0.3 is 0 Å². The number of pyridine rings is 1. The predicted molar refractivity (Wildman–Crippen MR) is 108 cm³/mol. The van der Waals surface area contributed by atoms with E-state index in [0.29, 0.717) is 37.0 Å². The summed E-state index contributed by atoms with van der Waals surface area (Å²) in [6.45, 7) is 2.38. The third-order valence-corrected chi connectivity index (χ3v) is 4.88. The molecule has 3 heterocycles. The molecule has 1 aromatic carbocycles. The number of methoxy groups -OCH3 is 1. The molecule has 7 nitrogen and oxygen atoms in total. The minimum Gasteiger partial charge on any atom is -0.497 e. The standard InChI is InChI=1S/C22H23N3O4/c1-27-18-6-4-16(5-7-18)20-8-9-21(29-20)22(26)25-12-11-24-13-17(25)15-28-19-3-2-10-23-14-19/h2-10,14,17,24H,11-13,15H2,1H3/t17-/m1/s1. The number of nitrogens with zero attached hydrogens (tertiary/aromatic N) is 2. The number of rotatable bonds is 6. The van der Waals surface area contributed by atoms with Crippen LogP contribution in [0.25, 0.3) is 11.3 Å². The van der Waals surface area contributed by atoms with Crippen LogP contribution in [0, 0.1) is 0 Å². The van der Waals surface area contributed by atoms with Crippen molar-refractivity contribution in [1.82, 2.24) is 15.2 Å². The number of carbonyl (C=O) groups is 1. The molecule has 3 aromatic rings. The first kappa shape index (κ1) is 19.0. The smallest absolute Gasteiger partial charge is 0.290 e. The fourth-order valence-corrected chi connectivity index (χ4v) is 3.31. The van der Waals surface area contributed by atoms with Crippen LogP contribution in [0.15, 0.2) is 65.3 Å². The van der Waals surface area contributed by atoms with E-state index in [2.05, 4.69) is 10.3 Å². The van der Waals surface area contributed by atoms with Crippen LogP contribution in [0.1, 0.15) is 10.6 Å². The van der Waals surface area contributed by atoms with Gasteiger partial charge in [-0.15, -0.1) is 0 Å². The zero-order valence-electron chi connectivity index (χ0n) is 16.2. The number of piperazine rings is 1. The highest BCUT2D eigenvalue weighted by molar-refractivity contribution is 5.92. The van der Waals surface area contributed by atoms with Crippen molar-refractivity contribution in [1.29, 1.82) is 0 Å². The van der Waals surface area contributed by atoms with Gasteiger partial charge in [-0.1, -0.05) is 0 Å². The summed E-state index contributed by atoms with van der Waals surface area (Å²) < 4.78 is 16.9. The molecular formula is C22H23N3O4. The number of furan rings is 1. The maximum absolute atomic E-state index is 13.1. The predicted octanol–water partition coefficient (Wildman–Crippen LogP) is 2.84. The molecule has 150 valence electrons. The van der Waals surface area contributed by atoms with Crippen molar-refractivity contribution in [3.63, 3.8) is 0 Å². The van der Waals surface area contributed by atoms with Gasteiger partial charge in [-0.3, -0.25) is 9.78 Å². The van der Waals surface area contributed by atoms with Crippen LogP contribution in [-0.2, 0) is 0 Å². The summed E-state index contributed by atoms with van der Waals surface area (Å²) in [6.07, 6.45) is 3.36. The fourth-order valence-electron chi connectivity index (χ4n) is 3.31. The summed E-state index contributed by atoms with van der Waals surface area (Å²) in [5.74, 6) is 2.29. The van der Waals surface area contributed by atoms with Gasteiger partial charge < -0.3 is 24.1 Å². The Morgan fingerprint density at radius 3 is 2.83 bits per heavy atom. The second-order valence-corrected chi connectivity index (χ2v) is 6.75. The van der Waals surface area contributed by atoms with E-state index in [1.807, 2.05) is 47.4 Å². The summed E-state index contributed by atoms with van der Waals surface area (Å²) >= 11 is 0. The van der Waals surface area contributed by atoms with Crippen molar-refractivity contribution < 1.29 is 18.7 Å². The van der Waals surface area contributed by atoms with Crippen molar-refractivity contribution in [3.8, 4) is 22.8 Å². The van der Waals surface area contributed by atoms with Gasteiger partial charge in [0.15, 0.2) is 5.76 Å². The number of amides is 1. The molecule has 7 heteroatoms. The molecule has 1 aliphatic heterocycles. The van der Waals surface area contributed by atoms with Crippen molar-refractivity contribution in [2.45, 2.75) is 6.04 Å². The van der Waals surface area contributed by atoms with Gasteiger partial charge in [0.2, 0.25) is 0 Å². The monoisotopic (exact) mass is 393 g/mol. The van der Waals surface area contributed by atoms with Crippen LogP contribution in [0.4, 0.5) is 0 Å². The Balaban J connectivity index is 1.46. The van der Waals surface area contributed by atoms with Gasteiger partial charge in [0.1, 0.15) is 23.9 Å². The molecular weight excluding hydrogens is 370 g/mol. The molecule has 1 atom stereocenters. The maximum Gasteiger partial charge on any atom is 0.290 e. The highest BCUT2D eigenvalue weighted by atomic mass is 16.5. The molecule has 0 unspecified atom stereocenters. The third kappa shape index (κ3) is 4.41. The molecule has 1 saturated heterocycles. The van der Waals surface area contributed by atoms with Crippen molar-refractivity contribution >= 4 is 5.91 Å². The molecule has 0 radical (unpaired) electrons. The maximum atomic E-state index is 13.1. The van der Waals surface area contributed by atoms with E-state index in [4.69, 9.17) is 13.9 Å². The highest BCUT2D eigenvalue weighted by Crippen LogP contribution is 2.25. The van der Waals surface area contributed by atoms with Crippen LogP contribution in [0.2, 0.25) is 0 Å². The average molecular weight is 393 g/mol. The Morgan fingerprint density at radius 1 is 1.21 bits per heavy atom. The molecule has 1 N–H and O–H groups in total. The summed E-state index contributed by atoms with van der Waals surface area (Å²) in [4.78, 5) is 18.9. The Labute approximate surface area is 169 Å². The van der Waals surface area contributed by atoms with Crippen LogP contribution in [0.3, 0.4) is 0 Å². The molecule has 4 rings (SSSR count). The lowest BCUT2D eigenvalue weighted by atomic mass is 10.1. The number of hydrogen-bond donors (Lipinski definition) is 1. The second-order valence-electron chi connectivity index (χ2n) is 6.75. The van der Waals surface area contributed by atoms with Gasteiger partial charge in [0.05, 0.1) is 19.3 Å². The molecule has 0 bridgehead atoms. The molecule has 1 amide bonds. The normalized spacial score (nSPS) is 16.4. The molecule has 0 saturated carbocycles. The number of ether oxygens (including phenoxy) is 2. The highest BCUT2D eigenvalue weighted by Gasteiger charge is 2.29. The summed E-state index contributed by atoms with van der Waals surface area (Å²) in [7, 11) is 1.63. The first-order valence-corrected chi connectivity index (χ1v) is 9.53. The van der Waals surface area contributed by atoms with Crippen LogP contribution in [-0.4, -0.2) is 55.2 Å². The van der Waals surface area contributed by atoms with E-state index in [-0.39, 0.29) is 11.9 Å². The van der Waals surface area contributed by atoms with E-state index in [0.717, 1.165) is 17.9 Å². The van der Waals surface area contributed by atoms with Crippen LogP contribution >= 0.6 is 0 Å². The minimum atomic E-state index is -0.133. The summed E-state index contributed by atoms with van der Waals surface area (Å²) in [6, 6.07) is 14.7. The van der Waals surface area contributed by atoms with Gasteiger partial charge in [-0.25, -0.2) is 0 Å². The molecule has 1 fully saturated rings. The topological polar surface area (TPSA) is 76.8 Å². The number of carbonyl (C=O) groups excluding carboxylic acids is 1. The van der Waals surface area contributed by atoms with Crippen LogP contribution < -0.4 is 14.8 Å². The van der Waals surface area contributed by atoms with Crippen molar-refractivity contribution in [2.24, 2.45) is 0 Å². The second kappa shape index (κ2) is 8.79. The Hall–Kier alpha value is -3.32. The van der Waals surface area contributed by atoms with Crippen LogP contribution in [0.5, 0.6) is 11.5 Å². The van der Waals surface area contributed by atoms with Crippen molar-refractivity contribution in [2.75, 3.05) is 33.4 Å². The lowest BCUT2D eigenvalue weighted by molar-refractivity contribution is 0.0529. The van der Waals surface area contributed by atoms with Gasteiger partial charge in [-0.2, -0.15) is 0 Å². The SMILES string of the molecule is COc1ccc(-c2ccc(C(=O)N3CCNC[C@@H]3COc3cccnc3)o2)cc1. The van der Waals surface area contributed by atoms with Gasteiger partial charge in [0.25, 0.3) is 5.91 Å². The Bertz CT molecular complexity index is 940. The fraction of sp³-hybridized carbons (Fsp3) is 0.273. The average Bonchev–Trinajstić information content (AvgIpc) is 3.28. The Kier molecular flexibility index (Phi) is 5.76. The Morgan fingerprint density at radius 2 is 2.07 bits per heavy atom. The van der Waals surface area contributed by atoms with E-state index in [9.17, 15) is 4.79 Å². The first-order valence-electron chi connectivity index (χ1n) is 9.53. The number of benzene rings is 1. The van der Waals surface area contributed by atoms with Gasteiger partial charge in [-0.05, 0) is 48.5 Å². The van der Waals surface area contributed by atoms with E-state index < -0.39 is 0 Å². The number of nitrogens with one attached hydrogen (secondary N) is 1.